The van der Waals surface area contributed by atoms with E-state index in [-0.39, 0.29) is 35.0 Å². The molecule has 0 saturated carbocycles. The number of fused-ring (bicyclic) bond motifs is 1. The van der Waals surface area contributed by atoms with Crippen LogP contribution in [0.2, 0.25) is 0 Å². The lowest BCUT2D eigenvalue weighted by Gasteiger charge is -2.29. The molecule has 196 valence electrons. The zero-order valence-electron chi connectivity index (χ0n) is 19.5. The molecule has 0 N–H and O–H groups in total. The number of pyridine rings is 1. The maximum absolute atomic E-state index is 13.4. The fourth-order valence-electron chi connectivity index (χ4n) is 4.58. The SMILES string of the molecule is O=S(=O)(Cc1cccc(F)n1)c1ccc2c(c1)OCC[C@H]2c1ccc(C(F)(F)F)cc1O[C@H]1CCOC1. The normalized spacial score (nSPS) is 19.8. The molecule has 6 nitrogen and oxygen atoms in total. The quantitative estimate of drug-likeness (QED) is 0.314. The summed E-state index contributed by atoms with van der Waals surface area (Å²) >= 11 is 0. The Morgan fingerprint density at radius 3 is 2.54 bits per heavy atom. The number of halogens is 4. The molecule has 3 aromatic rings. The molecule has 2 aliphatic rings. The molecule has 0 spiro atoms. The molecule has 3 heterocycles. The number of sulfone groups is 1. The van der Waals surface area contributed by atoms with Crippen LogP contribution in [-0.2, 0) is 26.5 Å². The lowest BCUT2D eigenvalue weighted by Crippen LogP contribution is -2.21. The van der Waals surface area contributed by atoms with Gasteiger partial charge in [-0.25, -0.2) is 13.4 Å². The minimum Gasteiger partial charge on any atom is -0.493 e. The standard InChI is InChI=1S/C26H23F4NO5S/c27-25-3-1-2-17(31-25)15-37(32,33)19-5-7-21-20(9-11-35-23(21)13-19)22-6-4-16(26(28,29)30)12-24(22)36-18-8-10-34-14-18/h1-7,12-13,18,20H,8-11,14-15H2/t18-,20+/m0/s1. The van der Waals surface area contributed by atoms with E-state index in [1.165, 1.54) is 30.3 Å². The second kappa shape index (κ2) is 9.94. The number of aromatic nitrogens is 1. The van der Waals surface area contributed by atoms with Crippen molar-refractivity contribution in [1.82, 2.24) is 4.98 Å². The topological polar surface area (TPSA) is 74.7 Å². The van der Waals surface area contributed by atoms with Crippen molar-refractivity contribution in [2.75, 3.05) is 19.8 Å². The number of nitrogens with zero attached hydrogens (tertiary/aromatic N) is 1. The van der Waals surface area contributed by atoms with Gasteiger partial charge in [0.1, 0.15) is 17.6 Å². The zero-order valence-corrected chi connectivity index (χ0v) is 20.3. The molecule has 2 aliphatic heterocycles. The average Bonchev–Trinajstić information content (AvgIpc) is 3.36. The van der Waals surface area contributed by atoms with E-state index < -0.39 is 33.3 Å². The molecular weight excluding hydrogens is 514 g/mol. The molecule has 2 aromatic carbocycles. The van der Waals surface area contributed by atoms with Crippen LogP contribution in [0.5, 0.6) is 11.5 Å². The first kappa shape index (κ1) is 25.5. The van der Waals surface area contributed by atoms with Crippen molar-refractivity contribution < 1.29 is 40.2 Å². The first-order valence-corrected chi connectivity index (χ1v) is 13.3. The molecule has 2 atom stereocenters. The molecule has 0 radical (unpaired) electrons. The van der Waals surface area contributed by atoms with Crippen LogP contribution < -0.4 is 9.47 Å². The Bertz CT molecular complexity index is 1400. The number of alkyl halides is 3. The van der Waals surface area contributed by atoms with Gasteiger partial charge in [-0.2, -0.15) is 17.6 Å². The van der Waals surface area contributed by atoms with Crippen molar-refractivity contribution in [2.45, 2.75) is 41.7 Å². The molecule has 0 unspecified atom stereocenters. The van der Waals surface area contributed by atoms with E-state index in [1.54, 1.807) is 6.07 Å². The third-order valence-electron chi connectivity index (χ3n) is 6.39. The average molecular weight is 538 g/mol. The molecule has 37 heavy (non-hydrogen) atoms. The summed E-state index contributed by atoms with van der Waals surface area (Å²) in [4.78, 5) is 3.60. The minimum absolute atomic E-state index is 0.0232. The number of hydrogen-bond acceptors (Lipinski definition) is 6. The second-order valence-corrected chi connectivity index (χ2v) is 10.9. The molecule has 1 saturated heterocycles. The van der Waals surface area contributed by atoms with Crippen LogP contribution in [0.3, 0.4) is 0 Å². The van der Waals surface area contributed by atoms with Gasteiger partial charge in [0.05, 0.1) is 41.7 Å². The fourth-order valence-corrected chi connectivity index (χ4v) is 5.86. The number of hydrogen-bond donors (Lipinski definition) is 0. The zero-order chi connectivity index (χ0) is 26.2. The Hall–Kier alpha value is -3.18. The van der Waals surface area contributed by atoms with E-state index in [4.69, 9.17) is 14.2 Å². The van der Waals surface area contributed by atoms with Crippen molar-refractivity contribution >= 4 is 9.84 Å². The monoisotopic (exact) mass is 537 g/mol. The third kappa shape index (κ3) is 5.57. The summed E-state index contributed by atoms with van der Waals surface area (Å²) in [5.41, 5.74) is 0.453. The molecule has 1 aromatic heterocycles. The summed E-state index contributed by atoms with van der Waals surface area (Å²) in [6.45, 7) is 1.00. The number of rotatable bonds is 6. The Balaban J connectivity index is 1.48. The maximum Gasteiger partial charge on any atom is 0.416 e. The van der Waals surface area contributed by atoms with Crippen molar-refractivity contribution in [3.63, 3.8) is 0 Å². The van der Waals surface area contributed by atoms with Gasteiger partial charge in [0.25, 0.3) is 0 Å². The van der Waals surface area contributed by atoms with E-state index >= 15 is 0 Å². The first-order valence-electron chi connectivity index (χ1n) is 11.7. The van der Waals surface area contributed by atoms with Crippen LogP contribution in [0, 0.1) is 5.95 Å². The van der Waals surface area contributed by atoms with Crippen LogP contribution in [0.1, 0.15) is 41.1 Å². The lowest BCUT2D eigenvalue weighted by molar-refractivity contribution is -0.137. The van der Waals surface area contributed by atoms with Gasteiger partial charge >= 0.3 is 6.18 Å². The summed E-state index contributed by atoms with van der Waals surface area (Å²) in [7, 11) is -3.86. The van der Waals surface area contributed by atoms with Crippen LogP contribution in [0.15, 0.2) is 59.5 Å². The van der Waals surface area contributed by atoms with Crippen molar-refractivity contribution in [2.24, 2.45) is 0 Å². The number of ether oxygens (including phenoxy) is 3. The molecule has 0 aliphatic carbocycles. The second-order valence-electron chi connectivity index (χ2n) is 8.95. The van der Waals surface area contributed by atoms with Gasteiger partial charge in [0.15, 0.2) is 9.84 Å². The molecule has 5 rings (SSSR count). The van der Waals surface area contributed by atoms with Gasteiger partial charge in [0.2, 0.25) is 5.95 Å². The molecule has 1 fully saturated rings. The summed E-state index contributed by atoms with van der Waals surface area (Å²) in [6.07, 6.45) is -3.85. The first-order chi connectivity index (χ1) is 17.6. The van der Waals surface area contributed by atoms with Gasteiger partial charge in [0, 0.05) is 23.5 Å². The summed E-state index contributed by atoms with van der Waals surface area (Å²) in [5.74, 6) is -1.20. The van der Waals surface area contributed by atoms with Crippen LogP contribution >= 0.6 is 0 Å². The maximum atomic E-state index is 13.4. The highest BCUT2D eigenvalue weighted by atomic mass is 32.2. The van der Waals surface area contributed by atoms with Gasteiger partial charge in [-0.05, 0) is 42.8 Å². The highest BCUT2D eigenvalue weighted by Gasteiger charge is 2.34. The van der Waals surface area contributed by atoms with Gasteiger partial charge in [-0.3, -0.25) is 0 Å². The molecule has 0 amide bonds. The van der Waals surface area contributed by atoms with Crippen LogP contribution in [-0.4, -0.2) is 39.3 Å². The highest BCUT2D eigenvalue weighted by Crippen LogP contribution is 2.44. The van der Waals surface area contributed by atoms with E-state index in [9.17, 15) is 26.0 Å². The highest BCUT2D eigenvalue weighted by molar-refractivity contribution is 7.90. The van der Waals surface area contributed by atoms with Gasteiger partial charge in [-0.15, -0.1) is 0 Å². The Morgan fingerprint density at radius 2 is 1.81 bits per heavy atom. The van der Waals surface area contributed by atoms with E-state index in [0.29, 0.717) is 42.9 Å². The Labute approximate surface area is 211 Å². The fraction of sp³-hybridized carbons (Fsp3) is 0.346. The lowest BCUT2D eigenvalue weighted by atomic mass is 9.85. The van der Waals surface area contributed by atoms with Crippen molar-refractivity contribution in [3.05, 3.63) is 82.9 Å². The molecule has 11 heteroatoms. The number of benzene rings is 2. The summed E-state index contributed by atoms with van der Waals surface area (Å²) in [6, 6.07) is 11.8. The smallest absolute Gasteiger partial charge is 0.416 e. The Morgan fingerprint density at radius 1 is 1.00 bits per heavy atom. The molecule has 0 bridgehead atoms. The van der Waals surface area contributed by atoms with Crippen LogP contribution in [0.4, 0.5) is 17.6 Å². The van der Waals surface area contributed by atoms with E-state index in [2.05, 4.69) is 4.98 Å². The molecular formula is C26H23F4NO5S. The van der Waals surface area contributed by atoms with E-state index in [0.717, 1.165) is 18.2 Å². The summed E-state index contributed by atoms with van der Waals surface area (Å²) < 4.78 is 96.7. The van der Waals surface area contributed by atoms with Crippen molar-refractivity contribution in [3.8, 4) is 11.5 Å². The van der Waals surface area contributed by atoms with Gasteiger partial charge in [-0.1, -0.05) is 18.2 Å². The minimum atomic E-state index is -4.53. The van der Waals surface area contributed by atoms with Gasteiger partial charge < -0.3 is 14.2 Å². The van der Waals surface area contributed by atoms with E-state index in [1.807, 2.05) is 0 Å². The largest absolute Gasteiger partial charge is 0.493 e. The predicted octanol–water partition coefficient (Wildman–Crippen LogP) is 5.30. The third-order valence-corrected chi connectivity index (χ3v) is 8.04. The van der Waals surface area contributed by atoms with Crippen LogP contribution in [0.25, 0.3) is 0 Å². The Kier molecular flexibility index (Phi) is 6.84. The summed E-state index contributed by atoms with van der Waals surface area (Å²) in [5, 5.41) is 0. The predicted molar refractivity (Wildman–Crippen MR) is 125 cm³/mol. The van der Waals surface area contributed by atoms with Crippen molar-refractivity contribution in [1.29, 1.82) is 0 Å².